The molecule has 1 N–H and O–H groups in total. The van der Waals surface area contributed by atoms with Crippen molar-refractivity contribution in [1.82, 2.24) is 4.90 Å². The van der Waals surface area contributed by atoms with Crippen LogP contribution in [0, 0.1) is 0 Å². The number of esters is 1. The Morgan fingerprint density at radius 2 is 1.85 bits per heavy atom. The zero-order chi connectivity index (χ0) is 24.7. The molecular formula is C24H22Cl2N2O4S2. The maximum atomic E-state index is 12.8. The van der Waals surface area contributed by atoms with Gasteiger partial charge < -0.3 is 10.1 Å². The molecule has 0 aliphatic carbocycles. The number of amides is 2. The number of rotatable bonds is 9. The summed E-state index contributed by atoms with van der Waals surface area (Å²) in [5.41, 5.74) is 1.72. The summed E-state index contributed by atoms with van der Waals surface area (Å²) in [7, 11) is 1.33. The molecule has 1 aliphatic heterocycles. The highest BCUT2D eigenvalue weighted by Crippen LogP contribution is 2.33. The fraction of sp³-hybridized carbons (Fsp3) is 0.250. The highest BCUT2D eigenvalue weighted by Gasteiger charge is 2.31. The number of methoxy groups -OCH3 is 1. The second kappa shape index (κ2) is 12.4. The van der Waals surface area contributed by atoms with Gasteiger partial charge in [-0.05, 0) is 48.7 Å². The van der Waals surface area contributed by atoms with Crippen LogP contribution in [0.3, 0.4) is 0 Å². The fourth-order valence-corrected chi connectivity index (χ4v) is 4.88. The van der Waals surface area contributed by atoms with E-state index in [1.54, 1.807) is 53.4 Å². The van der Waals surface area contributed by atoms with Crippen LogP contribution < -0.4 is 5.32 Å². The summed E-state index contributed by atoms with van der Waals surface area (Å²) < 4.78 is 5.20. The van der Waals surface area contributed by atoms with Gasteiger partial charge in [-0.15, -0.1) is 0 Å². The first-order valence-corrected chi connectivity index (χ1v) is 12.5. The van der Waals surface area contributed by atoms with Crippen molar-refractivity contribution in [3.8, 4) is 0 Å². The number of hydrogen-bond acceptors (Lipinski definition) is 6. The van der Waals surface area contributed by atoms with Crippen molar-refractivity contribution < 1.29 is 19.1 Å². The van der Waals surface area contributed by atoms with Gasteiger partial charge in [0, 0.05) is 13.0 Å². The van der Waals surface area contributed by atoms with Crippen LogP contribution in [0.1, 0.15) is 41.6 Å². The lowest BCUT2D eigenvalue weighted by Gasteiger charge is -2.14. The predicted molar refractivity (Wildman–Crippen MR) is 141 cm³/mol. The molecule has 0 atom stereocenters. The van der Waals surface area contributed by atoms with E-state index in [0.29, 0.717) is 49.9 Å². The first-order chi connectivity index (χ1) is 16.3. The minimum atomic E-state index is -0.413. The van der Waals surface area contributed by atoms with Crippen LogP contribution in [0.15, 0.2) is 47.4 Å². The number of unbranched alkanes of at least 4 members (excludes halogenated alkanes) is 2. The number of carbonyl (C=O) groups excluding carboxylic acids is 3. The average Bonchev–Trinajstić information content (AvgIpc) is 3.09. The van der Waals surface area contributed by atoms with Gasteiger partial charge in [-0.2, -0.15) is 0 Å². The van der Waals surface area contributed by atoms with E-state index in [4.69, 9.17) is 35.4 Å². The SMILES string of the molecule is COC(=O)c1ccc(/C=C2\SC(=S)N(CCCCCC(=O)Nc3cccc(Cl)c3Cl)C2=O)cc1. The molecule has 10 heteroatoms. The second-order valence-corrected chi connectivity index (χ2v) is 9.87. The van der Waals surface area contributed by atoms with Gasteiger partial charge in [-0.3, -0.25) is 14.5 Å². The molecule has 0 saturated carbocycles. The smallest absolute Gasteiger partial charge is 0.337 e. The molecule has 2 aromatic rings. The topological polar surface area (TPSA) is 75.7 Å². The van der Waals surface area contributed by atoms with Crippen LogP contribution in [0.25, 0.3) is 6.08 Å². The second-order valence-electron chi connectivity index (χ2n) is 7.41. The highest BCUT2D eigenvalue weighted by molar-refractivity contribution is 8.26. The Balaban J connectivity index is 1.44. The third kappa shape index (κ3) is 6.82. The minimum Gasteiger partial charge on any atom is -0.465 e. The molecule has 34 heavy (non-hydrogen) atoms. The van der Waals surface area contributed by atoms with Crippen LogP contribution in [0.2, 0.25) is 10.0 Å². The van der Waals surface area contributed by atoms with Gasteiger partial charge in [0.2, 0.25) is 5.91 Å². The lowest BCUT2D eigenvalue weighted by Crippen LogP contribution is -2.29. The van der Waals surface area contributed by atoms with Gasteiger partial charge in [0.15, 0.2) is 0 Å². The molecule has 6 nitrogen and oxygen atoms in total. The van der Waals surface area contributed by atoms with Crippen molar-refractivity contribution in [2.45, 2.75) is 25.7 Å². The number of hydrogen-bond donors (Lipinski definition) is 1. The first-order valence-electron chi connectivity index (χ1n) is 10.5. The molecule has 0 bridgehead atoms. The van der Waals surface area contributed by atoms with E-state index < -0.39 is 5.97 Å². The minimum absolute atomic E-state index is 0.139. The maximum absolute atomic E-state index is 12.8. The quantitative estimate of drug-likeness (QED) is 0.178. The number of thioether (sulfide) groups is 1. The summed E-state index contributed by atoms with van der Waals surface area (Å²) in [5, 5.41) is 3.47. The van der Waals surface area contributed by atoms with Gasteiger partial charge >= 0.3 is 5.97 Å². The van der Waals surface area contributed by atoms with Crippen molar-refractivity contribution in [3.05, 3.63) is 68.5 Å². The highest BCUT2D eigenvalue weighted by atomic mass is 35.5. The van der Waals surface area contributed by atoms with Crippen LogP contribution >= 0.6 is 47.2 Å². The standard InChI is InChI=1S/C24H22Cl2N2O4S2/c1-32-23(31)16-11-9-15(10-12-16)14-19-22(30)28(24(33)34-19)13-4-2-3-8-20(29)27-18-7-5-6-17(25)21(18)26/h5-7,9-12,14H,2-4,8,13H2,1H3,(H,27,29)/b19-14-. The summed E-state index contributed by atoms with van der Waals surface area (Å²) in [5.74, 6) is -0.695. The number of nitrogens with one attached hydrogen (secondary N) is 1. The normalized spacial score (nSPS) is 14.6. The van der Waals surface area contributed by atoms with Crippen LogP contribution in [0.5, 0.6) is 0 Å². The maximum Gasteiger partial charge on any atom is 0.337 e. The predicted octanol–water partition coefficient (Wildman–Crippen LogP) is 6.18. The molecule has 1 aliphatic rings. The van der Waals surface area contributed by atoms with Crippen molar-refractivity contribution in [3.63, 3.8) is 0 Å². The Bertz CT molecular complexity index is 1140. The van der Waals surface area contributed by atoms with E-state index in [9.17, 15) is 14.4 Å². The molecule has 0 aromatic heterocycles. The van der Waals surface area contributed by atoms with Gasteiger partial charge in [0.1, 0.15) is 4.32 Å². The van der Waals surface area contributed by atoms with Crippen LogP contribution in [-0.4, -0.2) is 40.7 Å². The Morgan fingerprint density at radius 1 is 1.12 bits per heavy atom. The van der Waals surface area contributed by atoms with Crippen molar-refractivity contribution in [1.29, 1.82) is 0 Å². The van der Waals surface area contributed by atoms with Crippen LogP contribution in [-0.2, 0) is 14.3 Å². The average molecular weight is 537 g/mol. The van der Waals surface area contributed by atoms with Crippen molar-refractivity contribution >= 4 is 81.0 Å². The first kappa shape index (κ1) is 26.2. The van der Waals surface area contributed by atoms with Gasteiger partial charge in [0.05, 0.1) is 33.3 Å². The number of nitrogens with zero attached hydrogens (tertiary/aromatic N) is 1. The summed E-state index contributed by atoms with van der Waals surface area (Å²) in [6.07, 6.45) is 4.25. The van der Waals surface area contributed by atoms with E-state index in [-0.39, 0.29) is 11.8 Å². The molecule has 0 unspecified atom stereocenters. The third-order valence-electron chi connectivity index (χ3n) is 5.01. The Hall–Kier alpha value is -2.39. The molecule has 0 radical (unpaired) electrons. The summed E-state index contributed by atoms with van der Waals surface area (Å²) in [6, 6.07) is 11.9. The largest absolute Gasteiger partial charge is 0.465 e. The molecule has 2 aromatic carbocycles. The molecule has 2 amide bonds. The van der Waals surface area contributed by atoms with E-state index in [1.807, 2.05) is 0 Å². The third-order valence-corrected chi connectivity index (χ3v) is 7.21. The molecule has 1 fully saturated rings. The van der Waals surface area contributed by atoms with E-state index in [0.717, 1.165) is 18.4 Å². The van der Waals surface area contributed by atoms with E-state index in [1.165, 1.54) is 18.9 Å². The van der Waals surface area contributed by atoms with Gasteiger partial charge in [0.25, 0.3) is 5.91 Å². The fourth-order valence-electron chi connectivity index (χ4n) is 3.22. The molecule has 1 saturated heterocycles. The molecular weight excluding hydrogens is 515 g/mol. The Kier molecular flexibility index (Phi) is 9.53. The zero-order valence-corrected chi connectivity index (χ0v) is 21.5. The van der Waals surface area contributed by atoms with Gasteiger partial charge in [-0.25, -0.2) is 4.79 Å². The zero-order valence-electron chi connectivity index (χ0n) is 18.3. The lowest BCUT2D eigenvalue weighted by molar-refractivity contribution is -0.122. The lowest BCUT2D eigenvalue weighted by atomic mass is 10.1. The van der Waals surface area contributed by atoms with Crippen molar-refractivity contribution in [2.75, 3.05) is 19.0 Å². The Labute approximate surface area is 217 Å². The van der Waals surface area contributed by atoms with E-state index in [2.05, 4.69) is 10.1 Å². The number of ether oxygens (including phenoxy) is 1. The molecule has 3 rings (SSSR count). The number of halogens is 2. The molecule has 0 spiro atoms. The van der Waals surface area contributed by atoms with Crippen molar-refractivity contribution in [2.24, 2.45) is 0 Å². The van der Waals surface area contributed by atoms with E-state index >= 15 is 0 Å². The molecule has 1 heterocycles. The Morgan fingerprint density at radius 3 is 2.56 bits per heavy atom. The number of anilines is 1. The number of benzene rings is 2. The monoisotopic (exact) mass is 536 g/mol. The summed E-state index contributed by atoms with van der Waals surface area (Å²) >= 11 is 18.7. The van der Waals surface area contributed by atoms with Crippen LogP contribution in [0.4, 0.5) is 5.69 Å². The molecule has 178 valence electrons. The summed E-state index contributed by atoms with van der Waals surface area (Å²) in [4.78, 5) is 38.6. The number of thiocarbonyl (C=S) groups is 1. The summed E-state index contributed by atoms with van der Waals surface area (Å²) in [6.45, 7) is 0.491. The number of carbonyl (C=O) groups is 3. The van der Waals surface area contributed by atoms with Gasteiger partial charge in [-0.1, -0.05) is 71.8 Å².